The quantitative estimate of drug-likeness (QED) is 0.773. The van der Waals surface area contributed by atoms with E-state index in [1.54, 1.807) is 4.68 Å². The summed E-state index contributed by atoms with van der Waals surface area (Å²) >= 11 is 0. The van der Waals surface area contributed by atoms with Gasteiger partial charge in [-0.25, -0.2) is 4.68 Å². The summed E-state index contributed by atoms with van der Waals surface area (Å²) in [5, 5.41) is 12.3. The van der Waals surface area contributed by atoms with Crippen LogP contribution >= 0.6 is 0 Å². The summed E-state index contributed by atoms with van der Waals surface area (Å²) in [6.07, 6.45) is 1.81. The Morgan fingerprint density at radius 1 is 1.06 bits per heavy atom. The molecule has 0 unspecified atom stereocenters. The van der Waals surface area contributed by atoms with Crippen molar-refractivity contribution in [2.75, 3.05) is 19.0 Å². The zero-order chi connectivity index (χ0) is 13.1. The maximum atomic E-state index is 4.36. The first-order valence-electron chi connectivity index (χ1n) is 5.78. The van der Waals surface area contributed by atoms with Gasteiger partial charge in [0.2, 0.25) is 0 Å². The maximum absolute atomic E-state index is 4.36. The lowest BCUT2D eigenvalue weighted by atomic mass is 10.2. The maximum Gasteiger partial charge on any atom is 0.151 e. The van der Waals surface area contributed by atoms with Gasteiger partial charge in [-0.3, -0.25) is 0 Å². The topological polar surface area (TPSA) is 46.3 Å². The summed E-state index contributed by atoms with van der Waals surface area (Å²) in [5.74, 6) is 1.57. The fourth-order valence-electron chi connectivity index (χ4n) is 1.61. The lowest BCUT2D eigenvalue weighted by Crippen LogP contribution is -2.08. The lowest BCUT2D eigenvalue weighted by Gasteiger charge is -2.11. The number of nitrogens with zero attached hydrogens (tertiary/aromatic N) is 5. The average molecular weight is 243 g/mol. The van der Waals surface area contributed by atoms with Crippen molar-refractivity contribution in [1.29, 1.82) is 0 Å². The molecule has 2 aromatic rings. The molecule has 0 amide bonds. The average Bonchev–Trinajstić information content (AvgIpc) is 2.67. The van der Waals surface area contributed by atoms with E-state index >= 15 is 0 Å². The molecule has 18 heavy (non-hydrogen) atoms. The van der Waals surface area contributed by atoms with E-state index in [1.165, 1.54) is 5.69 Å². The molecule has 0 saturated heterocycles. The zero-order valence-electron chi connectivity index (χ0n) is 11.1. The first-order valence-corrected chi connectivity index (χ1v) is 5.78. The first-order chi connectivity index (χ1) is 8.58. The van der Waals surface area contributed by atoms with Crippen molar-refractivity contribution in [2.24, 2.45) is 5.10 Å². The van der Waals surface area contributed by atoms with E-state index in [4.69, 9.17) is 0 Å². The lowest BCUT2D eigenvalue weighted by molar-refractivity contribution is 0.799. The summed E-state index contributed by atoms with van der Waals surface area (Å²) in [6, 6.07) is 8.20. The number of aryl methyl sites for hydroxylation is 2. The van der Waals surface area contributed by atoms with Crippen LogP contribution in [-0.4, -0.2) is 35.2 Å². The van der Waals surface area contributed by atoms with Gasteiger partial charge in [0.25, 0.3) is 0 Å². The number of rotatable bonds is 3. The second kappa shape index (κ2) is 5.00. The molecule has 0 aliphatic carbocycles. The molecule has 0 saturated carbocycles. The highest BCUT2D eigenvalue weighted by molar-refractivity contribution is 5.80. The van der Waals surface area contributed by atoms with Gasteiger partial charge in [0.15, 0.2) is 11.6 Å². The Bertz CT molecular complexity index is 532. The Kier molecular flexibility index (Phi) is 3.41. The highest BCUT2D eigenvalue weighted by atomic mass is 15.4. The third-order valence-corrected chi connectivity index (χ3v) is 2.68. The van der Waals surface area contributed by atoms with E-state index in [0.717, 1.165) is 17.2 Å². The van der Waals surface area contributed by atoms with Crippen LogP contribution in [0, 0.1) is 13.8 Å². The molecule has 94 valence electrons. The SMILES string of the molecule is Cc1nnc(C)n1/N=C/c1ccc(N(C)C)cc1. The number of anilines is 1. The molecule has 1 aromatic heterocycles. The van der Waals surface area contributed by atoms with Crippen molar-refractivity contribution in [2.45, 2.75) is 13.8 Å². The van der Waals surface area contributed by atoms with Crippen LogP contribution in [0.1, 0.15) is 17.2 Å². The standard InChI is InChI=1S/C13H17N5/c1-10-15-16-11(2)18(10)14-9-12-5-7-13(8-6-12)17(3)4/h5-9H,1-4H3/b14-9+. The van der Waals surface area contributed by atoms with Gasteiger partial charge >= 0.3 is 0 Å². The molecule has 0 fully saturated rings. The fourth-order valence-corrected chi connectivity index (χ4v) is 1.61. The van der Waals surface area contributed by atoms with Crippen LogP contribution in [0.3, 0.4) is 0 Å². The summed E-state index contributed by atoms with van der Waals surface area (Å²) in [5.41, 5.74) is 2.22. The van der Waals surface area contributed by atoms with E-state index in [9.17, 15) is 0 Å². The molecular formula is C13H17N5. The van der Waals surface area contributed by atoms with Gasteiger partial charge in [-0.1, -0.05) is 12.1 Å². The van der Waals surface area contributed by atoms with Crippen LogP contribution in [0.15, 0.2) is 29.4 Å². The predicted octanol–water partition coefficient (Wildman–Crippen LogP) is 1.84. The Morgan fingerprint density at radius 2 is 1.61 bits per heavy atom. The minimum atomic E-state index is 0.786. The molecule has 0 aliphatic heterocycles. The van der Waals surface area contributed by atoms with Gasteiger partial charge in [-0.05, 0) is 31.5 Å². The van der Waals surface area contributed by atoms with Crippen LogP contribution < -0.4 is 4.90 Å². The zero-order valence-corrected chi connectivity index (χ0v) is 11.1. The Balaban J connectivity index is 2.19. The molecule has 0 N–H and O–H groups in total. The molecule has 5 nitrogen and oxygen atoms in total. The molecule has 0 aliphatic rings. The molecule has 0 atom stereocenters. The van der Waals surface area contributed by atoms with Gasteiger partial charge in [0.1, 0.15) is 0 Å². The van der Waals surface area contributed by atoms with Crippen LogP contribution in [0.5, 0.6) is 0 Å². The Morgan fingerprint density at radius 3 is 2.11 bits per heavy atom. The number of aromatic nitrogens is 3. The molecule has 0 spiro atoms. The van der Waals surface area contributed by atoms with E-state index in [-0.39, 0.29) is 0 Å². The third kappa shape index (κ3) is 2.56. The second-order valence-electron chi connectivity index (χ2n) is 4.34. The van der Waals surface area contributed by atoms with Crippen molar-refractivity contribution >= 4 is 11.9 Å². The molecule has 1 aromatic carbocycles. The van der Waals surface area contributed by atoms with E-state index in [0.29, 0.717) is 0 Å². The van der Waals surface area contributed by atoms with Crippen LogP contribution in [0.25, 0.3) is 0 Å². The normalized spacial score (nSPS) is 11.1. The van der Waals surface area contributed by atoms with Crippen molar-refractivity contribution in [3.63, 3.8) is 0 Å². The Hall–Kier alpha value is -2.17. The van der Waals surface area contributed by atoms with E-state index in [1.807, 2.05) is 46.3 Å². The molecule has 2 rings (SSSR count). The Labute approximate surface area is 107 Å². The van der Waals surface area contributed by atoms with Crippen LogP contribution in [0.4, 0.5) is 5.69 Å². The highest BCUT2D eigenvalue weighted by Crippen LogP contribution is 2.11. The smallest absolute Gasteiger partial charge is 0.151 e. The number of hydrogen-bond donors (Lipinski definition) is 0. The van der Waals surface area contributed by atoms with Crippen molar-refractivity contribution in [3.05, 3.63) is 41.5 Å². The summed E-state index contributed by atoms with van der Waals surface area (Å²) < 4.78 is 1.72. The first kappa shape index (κ1) is 12.3. The number of benzene rings is 1. The van der Waals surface area contributed by atoms with Crippen LogP contribution in [0.2, 0.25) is 0 Å². The summed E-state index contributed by atoms with van der Waals surface area (Å²) in [7, 11) is 4.04. The van der Waals surface area contributed by atoms with Gasteiger partial charge in [-0.15, -0.1) is 10.2 Å². The molecule has 5 heteroatoms. The second-order valence-corrected chi connectivity index (χ2v) is 4.34. The summed E-state index contributed by atoms with van der Waals surface area (Å²) in [4.78, 5) is 2.06. The fraction of sp³-hybridized carbons (Fsp3) is 0.308. The minimum Gasteiger partial charge on any atom is -0.378 e. The summed E-state index contributed by atoms with van der Waals surface area (Å²) in [6.45, 7) is 3.76. The number of hydrogen-bond acceptors (Lipinski definition) is 4. The monoisotopic (exact) mass is 243 g/mol. The third-order valence-electron chi connectivity index (χ3n) is 2.68. The van der Waals surface area contributed by atoms with E-state index < -0.39 is 0 Å². The van der Waals surface area contributed by atoms with Gasteiger partial charge in [0, 0.05) is 19.8 Å². The molecule has 0 bridgehead atoms. The largest absolute Gasteiger partial charge is 0.378 e. The van der Waals surface area contributed by atoms with Gasteiger partial charge in [-0.2, -0.15) is 5.10 Å². The predicted molar refractivity (Wildman–Crippen MR) is 73.3 cm³/mol. The van der Waals surface area contributed by atoms with Crippen LogP contribution in [-0.2, 0) is 0 Å². The molecule has 1 heterocycles. The molecule has 0 radical (unpaired) electrons. The molecular weight excluding hydrogens is 226 g/mol. The van der Waals surface area contributed by atoms with Crippen molar-refractivity contribution < 1.29 is 0 Å². The highest BCUT2D eigenvalue weighted by Gasteiger charge is 2.01. The van der Waals surface area contributed by atoms with Crippen molar-refractivity contribution in [1.82, 2.24) is 14.9 Å². The van der Waals surface area contributed by atoms with E-state index in [2.05, 4.69) is 32.3 Å². The van der Waals surface area contributed by atoms with Gasteiger partial charge in [0.05, 0.1) is 6.21 Å². The van der Waals surface area contributed by atoms with Crippen molar-refractivity contribution in [3.8, 4) is 0 Å². The minimum absolute atomic E-state index is 0.786. The van der Waals surface area contributed by atoms with Gasteiger partial charge < -0.3 is 4.90 Å².